The molecule has 4 aromatic rings. The van der Waals surface area contributed by atoms with Crippen LogP contribution in [0.2, 0.25) is 0 Å². The number of nitrogens with one attached hydrogen (secondary N) is 2. The molecule has 176 valence electrons. The highest BCUT2D eigenvalue weighted by atomic mass is 32.2. The molecule has 0 amide bonds. The number of phenolic OH excluding ortho intramolecular Hbond substituents is 1. The molecule has 0 bridgehead atoms. The molecule has 3 heterocycles. The van der Waals surface area contributed by atoms with Gasteiger partial charge in [0, 0.05) is 42.5 Å². The third-order valence-corrected chi connectivity index (χ3v) is 7.06. The number of nitrogens with zero attached hydrogens (tertiary/aromatic N) is 3. The summed E-state index contributed by atoms with van der Waals surface area (Å²) >= 11 is 1.87. The van der Waals surface area contributed by atoms with E-state index in [0.717, 1.165) is 48.6 Å². The van der Waals surface area contributed by atoms with Crippen LogP contribution in [0.25, 0.3) is 39.1 Å². The molecule has 0 radical (unpaired) electrons. The Kier molecular flexibility index (Phi) is 6.43. The SMILES string of the molecule is CCc1cc(O)ccc1-c1ccc2c(-c3nc(C4=CCN(CCSC)CC4)c[nH]3)n[nH]c2c1F. The topological polar surface area (TPSA) is 80.8 Å². The third-order valence-electron chi connectivity index (χ3n) is 6.47. The number of hydrogen-bond donors (Lipinski definition) is 3. The van der Waals surface area contributed by atoms with Gasteiger partial charge in [-0.25, -0.2) is 9.37 Å². The van der Waals surface area contributed by atoms with E-state index in [-0.39, 0.29) is 11.6 Å². The van der Waals surface area contributed by atoms with E-state index < -0.39 is 0 Å². The van der Waals surface area contributed by atoms with Crippen molar-refractivity contribution in [2.45, 2.75) is 19.8 Å². The zero-order chi connectivity index (χ0) is 23.7. The van der Waals surface area contributed by atoms with Gasteiger partial charge in [0.1, 0.15) is 17.0 Å². The molecule has 3 N–H and O–H groups in total. The van der Waals surface area contributed by atoms with E-state index in [1.807, 2.05) is 30.9 Å². The Morgan fingerprint density at radius 2 is 2.06 bits per heavy atom. The lowest BCUT2D eigenvalue weighted by Gasteiger charge is -2.25. The standard InChI is InChI=1S/C26H28FN5OS/c1-3-16-14-18(33)4-5-19(16)20-6-7-21-24(23(20)27)30-31-25(21)26-28-15-22(29-26)17-8-10-32(11-9-17)12-13-34-2/h4-8,14-15,33H,3,9-13H2,1-2H3,(H,28,29)(H,30,31). The first-order valence-electron chi connectivity index (χ1n) is 11.5. The number of aryl methyl sites for hydroxylation is 1. The molecule has 6 nitrogen and oxygen atoms in total. The molecule has 2 aromatic carbocycles. The molecule has 1 aliphatic heterocycles. The fourth-order valence-corrected chi connectivity index (χ4v) is 4.99. The average Bonchev–Trinajstić information content (AvgIpc) is 3.51. The second-order valence-electron chi connectivity index (χ2n) is 8.52. The van der Waals surface area contributed by atoms with Crippen LogP contribution in [-0.4, -0.2) is 61.8 Å². The normalized spacial score (nSPS) is 14.6. The average molecular weight is 478 g/mol. The van der Waals surface area contributed by atoms with Crippen LogP contribution in [0.4, 0.5) is 4.39 Å². The van der Waals surface area contributed by atoms with Crippen molar-refractivity contribution in [1.29, 1.82) is 0 Å². The van der Waals surface area contributed by atoms with Gasteiger partial charge < -0.3 is 10.1 Å². The number of thioether (sulfide) groups is 1. The number of imidazole rings is 1. The van der Waals surface area contributed by atoms with Gasteiger partial charge in [0.25, 0.3) is 0 Å². The van der Waals surface area contributed by atoms with Crippen LogP contribution < -0.4 is 0 Å². The number of halogens is 1. The van der Waals surface area contributed by atoms with E-state index in [2.05, 4.69) is 32.4 Å². The maximum atomic E-state index is 15.5. The molecule has 1 aliphatic rings. The van der Waals surface area contributed by atoms with Gasteiger partial charge in [-0.05, 0) is 54.0 Å². The van der Waals surface area contributed by atoms with E-state index in [1.54, 1.807) is 24.3 Å². The minimum absolute atomic E-state index is 0.181. The maximum absolute atomic E-state index is 15.5. The third kappa shape index (κ3) is 4.23. The summed E-state index contributed by atoms with van der Waals surface area (Å²) in [5, 5.41) is 17.7. The van der Waals surface area contributed by atoms with Gasteiger partial charge >= 0.3 is 0 Å². The Bertz CT molecular complexity index is 1360. The molecule has 34 heavy (non-hydrogen) atoms. The van der Waals surface area contributed by atoms with Gasteiger partial charge in [-0.2, -0.15) is 16.9 Å². The van der Waals surface area contributed by atoms with E-state index in [9.17, 15) is 5.11 Å². The smallest absolute Gasteiger partial charge is 0.159 e. The predicted octanol–water partition coefficient (Wildman–Crippen LogP) is 5.48. The van der Waals surface area contributed by atoms with Crippen molar-refractivity contribution in [3.8, 4) is 28.4 Å². The fourth-order valence-electron chi connectivity index (χ4n) is 4.55. The Hall–Kier alpha value is -3.10. The highest BCUT2D eigenvalue weighted by molar-refractivity contribution is 7.98. The van der Waals surface area contributed by atoms with E-state index >= 15 is 4.39 Å². The van der Waals surface area contributed by atoms with Crippen LogP contribution in [0.5, 0.6) is 5.75 Å². The Labute approximate surface area is 202 Å². The van der Waals surface area contributed by atoms with Crippen molar-refractivity contribution < 1.29 is 9.50 Å². The fraction of sp³-hybridized carbons (Fsp3) is 0.308. The van der Waals surface area contributed by atoms with Gasteiger partial charge in [0.2, 0.25) is 0 Å². The zero-order valence-corrected chi connectivity index (χ0v) is 20.2. The maximum Gasteiger partial charge on any atom is 0.159 e. The molecule has 0 saturated heterocycles. The van der Waals surface area contributed by atoms with E-state index in [1.165, 1.54) is 5.57 Å². The molecule has 2 aromatic heterocycles. The molecular weight excluding hydrogens is 449 g/mol. The quantitative estimate of drug-likeness (QED) is 0.328. The van der Waals surface area contributed by atoms with Crippen LogP contribution in [-0.2, 0) is 6.42 Å². The number of aromatic hydroxyl groups is 1. The molecule has 0 atom stereocenters. The lowest BCUT2D eigenvalue weighted by Crippen LogP contribution is -2.30. The summed E-state index contributed by atoms with van der Waals surface area (Å²) < 4.78 is 15.5. The molecule has 0 saturated carbocycles. The molecule has 5 rings (SSSR count). The van der Waals surface area contributed by atoms with Crippen molar-refractivity contribution >= 4 is 28.2 Å². The van der Waals surface area contributed by atoms with Crippen LogP contribution >= 0.6 is 11.8 Å². The summed E-state index contributed by atoms with van der Waals surface area (Å²) in [6.45, 7) is 5.06. The monoisotopic (exact) mass is 477 g/mol. The van der Waals surface area contributed by atoms with Gasteiger partial charge in [0.15, 0.2) is 11.6 Å². The second-order valence-corrected chi connectivity index (χ2v) is 9.51. The van der Waals surface area contributed by atoms with Crippen molar-refractivity contribution in [3.05, 3.63) is 59.7 Å². The van der Waals surface area contributed by atoms with Crippen molar-refractivity contribution in [2.24, 2.45) is 0 Å². The van der Waals surface area contributed by atoms with Gasteiger partial charge in [-0.1, -0.05) is 25.1 Å². The highest BCUT2D eigenvalue weighted by Gasteiger charge is 2.20. The molecule has 0 fully saturated rings. The molecule has 0 spiro atoms. The van der Waals surface area contributed by atoms with E-state index in [0.29, 0.717) is 34.4 Å². The molecular formula is C26H28FN5OS. The van der Waals surface area contributed by atoms with Crippen LogP contribution in [0.3, 0.4) is 0 Å². The minimum atomic E-state index is -0.358. The summed E-state index contributed by atoms with van der Waals surface area (Å²) in [5.41, 5.74) is 5.25. The zero-order valence-electron chi connectivity index (χ0n) is 19.4. The van der Waals surface area contributed by atoms with Gasteiger partial charge in [-0.15, -0.1) is 0 Å². The number of H-pyrrole nitrogens is 2. The van der Waals surface area contributed by atoms with Crippen LogP contribution in [0, 0.1) is 5.82 Å². The number of benzene rings is 2. The van der Waals surface area contributed by atoms with Crippen molar-refractivity contribution in [2.75, 3.05) is 31.6 Å². The lowest BCUT2D eigenvalue weighted by atomic mass is 9.96. The van der Waals surface area contributed by atoms with Crippen molar-refractivity contribution in [3.63, 3.8) is 0 Å². The summed E-state index contributed by atoms with van der Waals surface area (Å²) in [5.74, 6) is 1.59. The Balaban J connectivity index is 1.44. The largest absolute Gasteiger partial charge is 0.508 e. The number of aromatic nitrogens is 4. The predicted molar refractivity (Wildman–Crippen MR) is 138 cm³/mol. The number of hydrogen-bond acceptors (Lipinski definition) is 5. The minimum Gasteiger partial charge on any atom is -0.508 e. The van der Waals surface area contributed by atoms with Gasteiger partial charge in [-0.3, -0.25) is 10.00 Å². The summed E-state index contributed by atoms with van der Waals surface area (Å²) in [4.78, 5) is 10.5. The highest BCUT2D eigenvalue weighted by Crippen LogP contribution is 2.35. The number of fused-ring (bicyclic) bond motifs is 1. The number of rotatable bonds is 7. The molecule has 8 heteroatoms. The van der Waals surface area contributed by atoms with Crippen LogP contribution in [0.1, 0.15) is 24.6 Å². The summed E-state index contributed by atoms with van der Waals surface area (Å²) in [6.07, 6.45) is 7.95. The first kappa shape index (κ1) is 22.7. The Morgan fingerprint density at radius 3 is 2.82 bits per heavy atom. The first-order valence-corrected chi connectivity index (χ1v) is 12.9. The van der Waals surface area contributed by atoms with Crippen molar-refractivity contribution in [1.82, 2.24) is 25.1 Å². The molecule has 0 unspecified atom stereocenters. The molecule has 0 aliphatic carbocycles. The summed E-state index contributed by atoms with van der Waals surface area (Å²) in [7, 11) is 0. The second kappa shape index (κ2) is 9.64. The van der Waals surface area contributed by atoms with Crippen LogP contribution in [0.15, 0.2) is 42.6 Å². The number of phenols is 1. The Morgan fingerprint density at radius 1 is 1.21 bits per heavy atom. The van der Waals surface area contributed by atoms with E-state index in [4.69, 9.17) is 4.98 Å². The number of aromatic amines is 2. The summed E-state index contributed by atoms with van der Waals surface area (Å²) in [6, 6.07) is 8.69. The lowest BCUT2D eigenvalue weighted by molar-refractivity contribution is 0.321. The first-order chi connectivity index (χ1) is 16.6. The van der Waals surface area contributed by atoms with Gasteiger partial charge in [0.05, 0.1) is 5.69 Å².